The van der Waals surface area contributed by atoms with Crippen LogP contribution in [0.5, 0.6) is 0 Å². The van der Waals surface area contributed by atoms with Gasteiger partial charge in [0.2, 0.25) is 5.91 Å². The Morgan fingerprint density at radius 1 is 1.19 bits per heavy atom. The summed E-state index contributed by atoms with van der Waals surface area (Å²) in [4.78, 5) is 42.1. The van der Waals surface area contributed by atoms with Crippen molar-refractivity contribution in [1.82, 2.24) is 9.88 Å². The zero-order valence-corrected chi connectivity index (χ0v) is 16.6. The number of aromatic amines is 1. The Kier molecular flexibility index (Phi) is 8.51. The summed E-state index contributed by atoms with van der Waals surface area (Å²) in [6.07, 6.45) is 1.08. The molecule has 0 radical (unpaired) electrons. The number of methoxy groups -OCH3 is 1. The van der Waals surface area contributed by atoms with E-state index in [1.54, 1.807) is 39.7 Å². The second-order valence-corrected chi connectivity index (χ2v) is 6.22. The van der Waals surface area contributed by atoms with E-state index in [0.717, 1.165) is 0 Å². The van der Waals surface area contributed by atoms with Gasteiger partial charge in [-0.3, -0.25) is 9.59 Å². The molecular weight excluding hydrogens is 336 g/mol. The van der Waals surface area contributed by atoms with Crippen molar-refractivity contribution < 1.29 is 23.9 Å². The van der Waals surface area contributed by atoms with Gasteiger partial charge in [-0.1, -0.05) is 6.92 Å². The number of ketones is 1. The van der Waals surface area contributed by atoms with Crippen molar-refractivity contribution in [2.24, 2.45) is 0 Å². The van der Waals surface area contributed by atoms with Crippen molar-refractivity contribution in [1.29, 1.82) is 0 Å². The van der Waals surface area contributed by atoms with Crippen molar-refractivity contribution in [3.8, 4) is 0 Å². The lowest BCUT2D eigenvalue weighted by Crippen LogP contribution is -2.45. The topological polar surface area (TPSA) is 88.7 Å². The molecule has 1 rings (SSSR count). The maximum absolute atomic E-state index is 13.1. The average molecular weight is 366 g/mol. The quantitative estimate of drug-likeness (QED) is 0.508. The minimum absolute atomic E-state index is 0.0816. The molecule has 1 N–H and O–H groups in total. The van der Waals surface area contributed by atoms with E-state index in [2.05, 4.69) is 4.98 Å². The van der Waals surface area contributed by atoms with E-state index in [-0.39, 0.29) is 24.0 Å². The first-order valence-corrected chi connectivity index (χ1v) is 8.98. The Hall–Kier alpha value is -2.15. The molecule has 0 aliphatic heterocycles. The predicted octanol–water partition coefficient (Wildman–Crippen LogP) is 2.65. The molecule has 0 fully saturated rings. The average Bonchev–Trinajstić information content (AvgIpc) is 2.89. The van der Waals surface area contributed by atoms with Crippen LogP contribution < -0.4 is 0 Å². The Morgan fingerprint density at radius 2 is 1.85 bits per heavy atom. The first-order valence-electron chi connectivity index (χ1n) is 8.98. The number of carbonyl (C=O) groups is 3. The molecule has 7 heteroatoms. The number of hydrogen-bond acceptors (Lipinski definition) is 5. The Bertz CT molecular complexity index is 651. The second-order valence-electron chi connectivity index (χ2n) is 6.22. The zero-order chi connectivity index (χ0) is 19.9. The normalized spacial score (nSPS) is 11.9. The lowest BCUT2D eigenvalue weighted by molar-refractivity contribution is -0.133. The lowest BCUT2D eigenvalue weighted by atomic mass is 9.99. The van der Waals surface area contributed by atoms with E-state index in [4.69, 9.17) is 9.47 Å². The van der Waals surface area contributed by atoms with Crippen molar-refractivity contribution in [3.63, 3.8) is 0 Å². The summed E-state index contributed by atoms with van der Waals surface area (Å²) < 4.78 is 10.1. The fourth-order valence-electron chi connectivity index (χ4n) is 2.96. The molecule has 0 aromatic carbocycles. The molecule has 0 saturated heterocycles. The van der Waals surface area contributed by atoms with E-state index in [1.165, 1.54) is 0 Å². The number of H-pyrrole nitrogens is 1. The fraction of sp³-hybridized carbons (Fsp3) is 0.632. The van der Waals surface area contributed by atoms with Crippen LogP contribution in [0.4, 0.5) is 0 Å². The van der Waals surface area contributed by atoms with Gasteiger partial charge in [0.1, 0.15) is 5.69 Å². The number of esters is 1. The third kappa shape index (κ3) is 4.94. The molecule has 0 spiro atoms. The van der Waals surface area contributed by atoms with Gasteiger partial charge in [0.25, 0.3) is 0 Å². The molecule has 1 unspecified atom stereocenters. The van der Waals surface area contributed by atoms with Gasteiger partial charge in [-0.25, -0.2) is 4.79 Å². The smallest absolute Gasteiger partial charge is 0.355 e. The van der Waals surface area contributed by atoms with Crippen molar-refractivity contribution in [3.05, 3.63) is 22.5 Å². The summed E-state index contributed by atoms with van der Waals surface area (Å²) in [5.74, 6) is -0.771. The number of Topliss-reactive ketones (excluding diaryl/α,β-unsaturated/α-hetero) is 1. The summed E-state index contributed by atoms with van der Waals surface area (Å²) in [5, 5.41) is 0. The molecule has 146 valence electrons. The van der Waals surface area contributed by atoms with E-state index in [0.29, 0.717) is 42.8 Å². The maximum atomic E-state index is 13.1. The van der Waals surface area contributed by atoms with Crippen molar-refractivity contribution >= 4 is 17.7 Å². The molecular formula is C19H30N2O5. The molecule has 7 nitrogen and oxygen atoms in total. The van der Waals surface area contributed by atoms with E-state index >= 15 is 0 Å². The van der Waals surface area contributed by atoms with E-state index in [1.807, 2.05) is 6.92 Å². The van der Waals surface area contributed by atoms with Crippen LogP contribution in [0.3, 0.4) is 0 Å². The van der Waals surface area contributed by atoms with Crippen LogP contribution >= 0.6 is 0 Å². The number of aromatic nitrogens is 1. The van der Waals surface area contributed by atoms with Crippen LogP contribution in [0.2, 0.25) is 0 Å². The van der Waals surface area contributed by atoms with Crippen molar-refractivity contribution in [2.45, 2.75) is 53.5 Å². The molecule has 1 heterocycles. The number of nitrogens with zero attached hydrogens (tertiary/aromatic N) is 1. The van der Waals surface area contributed by atoms with Gasteiger partial charge < -0.3 is 19.4 Å². The van der Waals surface area contributed by atoms with Gasteiger partial charge in [-0.15, -0.1) is 0 Å². The molecule has 0 aliphatic carbocycles. The maximum Gasteiger partial charge on any atom is 0.355 e. The predicted molar refractivity (Wildman–Crippen MR) is 98.5 cm³/mol. The third-order valence-electron chi connectivity index (χ3n) is 4.33. The summed E-state index contributed by atoms with van der Waals surface area (Å²) >= 11 is 0. The van der Waals surface area contributed by atoms with E-state index < -0.39 is 12.0 Å². The number of amides is 1. The third-order valence-corrected chi connectivity index (χ3v) is 4.33. The number of ether oxygens (including phenoxy) is 2. The number of hydrogen-bond donors (Lipinski definition) is 1. The van der Waals surface area contributed by atoms with Gasteiger partial charge in [-0.2, -0.15) is 0 Å². The molecule has 1 aromatic rings. The molecule has 26 heavy (non-hydrogen) atoms. The summed E-state index contributed by atoms with van der Waals surface area (Å²) in [5.41, 5.74) is 1.86. The lowest BCUT2D eigenvalue weighted by Gasteiger charge is -2.28. The van der Waals surface area contributed by atoms with Gasteiger partial charge in [0, 0.05) is 31.3 Å². The standard InChI is InChI=1S/C19H30N2O5/c1-7-9-15(22)21(10-11-25-6)14(5)18(23)16-12(3)17(20-13(16)4)19(24)26-8-2/h14,20H,7-11H2,1-6H3. The van der Waals surface area contributed by atoms with Crippen molar-refractivity contribution in [2.75, 3.05) is 26.9 Å². The summed E-state index contributed by atoms with van der Waals surface area (Å²) in [6.45, 7) is 9.76. The van der Waals surface area contributed by atoms with E-state index in [9.17, 15) is 14.4 Å². The summed E-state index contributed by atoms with van der Waals surface area (Å²) in [6, 6.07) is -0.646. The van der Waals surface area contributed by atoms with Gasteiger partial charge in [0.15, 0.2) is 5.78 Å². The first kappa shape index (κ1) is 21.9. The fourth-order valence-corrected chi connectivity index (χ4v) is 2.96. The number of aryl methyl sites for hydroxylation is 1. The minimum Gasteiger partial charge on any atom is -0.461 e. The van der Waals surface area contributed by atoms with Crippen LogP contribution in [-0.4, -0.2) is 60.5 Å². The molecule has 0 bridgehead atoms. The molecule has 1 aromatic heterocycles. The zero-order valence-electron chi connectivity index (χ0n) is 16.6. The van der Waals surface area contributed by atoms with Gasteiger partial charge >= 0.3 is 5.97 Å². The highest BCUT2D eigenvalue weighted by molar-refractivity contribution is 6.06. The van der Waals surface area contributed by atoms with Crippen LogP contribution in [-0.2, 0) is 14.3 Å². The Balaban J connectivity index is 3.15. The second kappa shape index (κ2) is 10.1. The van der Waals surface area contributed by atoms with Crippen LogP contribution in [0, 0.1) is 13.8 Å². The Morgan fingerprint density at radius 3 is 2.38 bits per heavy atom. The largest absolute Gasteiger partial charge is 0.461 e. The molecule has 0 aliphatic rings. The number of rotatable bonds is 10. The van der Waals surface area contributed by atoms with Gasteiger partial charge in [0.05, 0.1) is 19.3 Å². The highest BCUT2D eigenvalue weighted by atomic mass is 16.5. The number of nitrogens with one attached hydrogen (secondary N) is 1. The van der Waals surface area contributed by atoms with Gasteiger partial charge in [-0.05, 0) is 39.7 Å². The Labute approximate surface area is 155 Å². The molecule has 1 atom stereocenters. The summed E-state index contributed by atoms with van der Waals surface area (Å²) in [7, 11) is 1.56. The highest BCUT2D eigenvalue weighted by Gasteiger charge is 2.30. The van der Waals surface area contributed by atoms with Crippen LogP contribution in [0.1, 0.15) is 65.7 Å². The highest BCUT2D eigenvalue weighted by Crippen LogP contribution is 2.22. The molecule has 0 saturated carbocycles. The number of carbonyl (C=O) groups excluding carboxylic acids is 3. The van der Waals surface area contributed by atoms with Crippen LogP contribution in [0.15, 0.2) is 0 Å². The SMILES string of the molecule is CCCC(=O)N(CCOC)C(C)C(=O)c1c(C)[nH]c(C(=O)OCC)c1C. The van der Waals surface area contributed by atoms with Crippen LogP contribution in [0.25, 0.3) is 0 Å². The minimum atomic E-state index is -0.646. The monoisotopic (exact) mass is 366 g/mol. The molecule has 1 amide bonds. The first-order chi connectivity index (χ1) is 12.3.